The van der Waals surface area contributed by atoms with E-state index in [1.165, 1.54) is 36.4 Å². The Balaban J connectivity index is 1.35. The van der Waals surface area contributed by atoms with Crippen LogP contribution in [0, 0.1) is 23.3 Å². The van der Waals surface area contributed by atoms with E-state index in [0.717, 1.165) is 0 Å². The van der Waals surface area contributed by atoms with Crippen molar-refractivity contribution in [1.82, 2.24) is 0 Å². The van der Waals surface area contributed by atoms with E-state index in [2.05, 4.69) is 0 Å². The van der Waals surface area contributed by atoms with Crippen LogP contribution in [-0.4, -0.2) is 17.8 Å². The number of rotatable bonds is 8. The van der Waals surface area contributed by atoms with Gasteiger partial charge in [0.05, 0.1) is 19.3 Å². The van der Waals surface area contributed by atoms with Gasteiger partial charge in [-0.25, -0.2) is 17.6 Å². The van der Waals surface area contributed by atoms with Gasteiger partial charge in [-0.05, 0) is 61.8 Å². The van der Waals surface area contributed by atoms with Gasteiger partial charge < -0.3 is 14.6 Å². The molecule has 0 bridgehead atoms. The van der Waals surface area contributed by atoms with Crippen LogP contribution < -0.4 is 0 Å². The van der Waals surface area contributed by atoms with Gasteiger partial charge in [0.2, 0.25) is 0 Å². The summed E-state index contributed by atoms with van der Waals surface area (Å²) >= 11 is 0. The topological polar surface area (TPSA) is 38.7 Å². The first kappa shape index (κ1) is 25.2. The lowest BCUT2D eigenvalue weighted by atomic mass is 9.82. The minimum atomic E-state index is -0.967. The SMILES string of the molecule is CCOCc1ccc(C2CCC(OCc3ccc(-c4ccc(O)cc4)c(F)c3F)CC2)c(F)c1F. The predicted octanol–water partition coefficient (Wildman–Crippen LogP) is 7.40. The van der Waals surface area contributed by atoms with Gasteiger partial charge >= 0.3 is 0 Å². The Kier molecular flexibility index (Phi) is 8.08. The summed E-state index contributed by atoms with van der Waals surface area (Å²) < 4.78 is 69.4. The highest BCUT2D eigenvalue weighted by atomic mass is 19.2. The van der Waals surface area contributed by atoms with Crippen LogP contribution in [0.1, 0.15) is 55.2 Å². The van der Waals surface area contributed by atoms with Crippen LogP contribution >= 0.6 is 0 Å². The van der Waals surface area contributed by atoms with Crippen LogP contribution in [-0.2, 0) is 22.7 Å². The first-order valence-electron chi connectivity index (χ1n) is 11.8. The molecular weight excluding hydrogens is 460 g/mol. The number of hydrogen-bond donors (Lipinski definition) is 1. The number of benzene rings is 3. The molecule has 1 aliphatic carbocycles. The Morgan fingerprint density at radius 3 is 2.06 bits per heavy atom. The van der Waals surface area contributed by atoms with Crippen LogP contribution in [0.5, 0.6) is 5.75 Å². The monoisotopic (exact) mass is 488 g/mol. The van der Waals surface area contributed by atoms with Crippen molar-refractivity contribution in [2.45, 2.75) is 57.8 Å². The minimum absolute atomic E-state index is 0.0349. The second kappa shape index (κ2) is 11.2. The van der Waals surface area contributed by atoms with Crippen molar-refractivity contribution in [2.75, 3.05) is 6.61 Å². The Bertz CT molecular complexity index is 1160. The number of ether oxygens (including phenoxy) is 2. The van der Waals surface area contributed by atoms with Crippen molar-refractivity contribution < 1.29 is 32.1 Å². The summed E-state index contributed by atoms with van der Waals surface area (Å²) in [6.45, 7) is 2.17. The third-order valence-electron chi connectivity index (χ3n) is 6.58. The van der Waals surface area contributed by atoms with E-state index in [-0.39, 0.29) is 47.7 Å². The van der Waals surface area contributed by atoms with E-state index in [1.54, 1.807) is 19.1 Å². The van der Waals surface area contributed by atoms with Gasteiger partial charge in [0.25, 0.3) is 0 Å². The molecule has 1 fully saturated rings. The second-order valence-corrected chi connectivity index (χ2v) is 8.81. The average Bonchev–Trinajstić information content (AvgIpc) is 2.87. The molecule has 0 radical (unpaired) electrons. The average molecular weight is 489 g/mol. The largest absolute Gasteiger partial charge is 0.508 e. The summed E-state index contributed by atoms with van der Waals surface area (Å²) in [5, 5.41) is 9.39. The number of phenols is 1. The Morgan fingerprint density at radius 1 is 0.743 bits per heavy atom. The van der Waals surface area contributed by atoms with Crippen LogP contribution in [0.4, 0.5) is 17.6 Å². The third kappa shape index (κ3) is 5.68. The van der Waals surface area contributed by atoms with Crippen molar-refractivity contribution in [3.8, 4) is 16.9 Å². The van der Waals surface area contributed by atoms with E-state index in [9.17, 15) is 22.7 Å². The van der Waals surface area contributed by atoms with Crippen molar-refractivity contribution in [3.63, 3.8) is 0 Å². The highest BCUT2D eigenvalue weighted by molar-refractivity contribution is 5.65. The van der Waals surface area contributed by atoms with Crippen LogP contribution in [0.3, 0.4) is 0 Å². The van der Waals surface area contributed by atoms with E-state index in [4.69, 9.17) is 9.47 Å². The van der Waals surface area contributed by atoms with Gasteiger partial charge in [-0.2, -0.15) is 0 Å². The lowest BCUT2D eigenvalue weighted by molar-refractivity contribution is 0.0116. The van der Waals surface area contributed by atoms with Crippen molar-refractivity contribution in [3.05, 3.63) is 88.5 Å². The third-order valence-corrected chi connectivity index (χ3v) is 6.58. The van der Waals surface area contributed by atoms with E-state index in [0.29, 0.717) is 43.4 Å². The zero-order valence-electron chi connectivity index (χ0n) is 19.5. The molecule has 0 unspecified atom stereocenters. The lowest BCUT2D eigenvalue weighted by Crippen LogP contribution is -2.22. The molecule has 1 aliphatic rings. The molecule has 0 atom stereocenters. The molecule has 0 heterocycles. The van der Waals surface area contributed by atoms with Gasteiger partial charge in [-0.3, -0.25) is 0 Å². The molecule has 0 amide bonds. The first-order valence-corrected chi connectivity index (χ1v) is 11.8. The van der Waals surface area contributed by atoms with Crippen molar-refractivity contribution in [2.24, 2.45) is 0 Å². The fraction of sp³-hybridized carbons (Fsp3) is 0.357. The minimum Gasteiger partial charge on any atom is -0.508 e. The number of phenolic OH excluding ortho intramolecular Hbond substituents is 1. The Hall–Kier alpha value is -2.90. The molecule has 0 aliphatic heterocycles. The highest BCUT2D eigenvalue weighted by Crippen LogP contribution is 2.37. The summed E-state index contributed by atoms with van der Waals surface area (Å²) in [5.41, 5.74) is 1.24. The molecule has 35 heavy (non-hydrogen) atoms. The van der Waals surface area contributed by atoms with Crippen LogP contribution in [0.2, 0.25) is 0 Å². The molecule has 4 rings (SSSR count). The number of hydrogen-bond acceptors (Lipinski definition) is 3. The number of halogens is 4. The molecule has 0 aromatic heterocycles. The zero-order valence-corrected chi connectivity index (χ0v) is 19.5. The Morgan fingerprint density at radius 2 is 1.37 bits per heavy atom. The van der Waals surface area contributed by atoms with Crippen molar-refractivity contribution in [1.29, 1.82) is 0 Å². The predicted molar refractivity (Wildman–Crippen MR) is 125 cm³/mol. The smallest absolute Gasteiger partial charge is 0.167 e. The molecule has 1 saturated carbocycles. The molecule has 3 nitrogen and oxygen atoms in total. The molecule has 3 aromatic rings. The molecule has 1 N–H and O–H groups in total. The summed E-state index contributed by atoms with van der Waals surface area (Å²) in [6.07, 6.45) is 2.28. The number of aromatic hydroxyl groups is 1. The second-order valence-electron chi connectivity index (χ2n) is 8.81. The molecule has 0 saturated heterocycles. The maximum atomic E-state index is 14.7. The quantitative estimate of drug-likeness (QED) is 0.336. The molecule has 7 heteroatoms. The molecule has 0 spiro atoms. The fourth-order valence-corrected chi connectivity index (χ4v) is 4.56. The van der Waals surface area contributed by atoms with Gasteiger partial charge in [-0.1, -0.05) is 36.4 Å². The summed E-state index contributed by atoms with van der Waals surface area (Å²) in [4.78, 5) is 0. The van der Waals surface area contributed by atoms with Gasteiger partial charge in [-0.15, -0.1) is 0 Å². The van der Waals surface area contributed by atoms with E-state index >= 15 is 0 Å². The van der Waals surface area contributed by atoms with E-state index < -0.39 is 23.3 Å². The van der Waals surface area contributed by atoms with Gasteiger partial charge in [0, 0.05) is 23.3 Å². The zero-order chi connectivity index (χ0) is 24.9. The summed E-state index contributed by atoms with van der Waals surface area (Å²) in [5.74, 6) is -3.69. The van der Waals surface area contributed by atoms with Gasteiger partial charge in [0.15, 0.2) is 23.3 Å². The normalized spacial score (nSPS) is 18.1. The first-order chi connectivity index (χ1) is 16.9. The van der Waals surface area contributed by atoms with Gasteiger partial charge in [0.1, 0.15) is 5.75 Å². The maximum absolute atomic E-state index is 14.7. The fourth-order valence-electron chi connectivity index (χ4n) is 4.56. The summed E-state index contributed by atoms with van der Waals surface area (Å²) in [7, 11) is 0. The molecular formula is C28H28F4O3. The highest BCUT2D eigenvalue weighted by Gasteiger charge is 2.27. The molecule has 3 aromatic carbocycles. The summed E-state index contributed by atoms with van der Waals surface area (Å²) in [6, 6.07) is 12.1. The standard InChI is InChI=1S/C28H28F4O3/c1-2-34-15-19-7-13-24(27(31)25(19)29)18-5-11-22(12-6-18)35-16-20-8-14-23(28(32)26(20)30)17-3-9-21(33)10-4-17/h3-4,7-10,13-14,18,22,33H,2,5-6,11-12,15-16H2,1H3. The van der Waals surface area contributed by atoms with Crippen LogP contribution in [0.15, 0.2) is 48.5 Å². The van der Waals surface area contributed by atoms with E-state index in [1.807, 2.05) is 0 Å². The molecule has 186 valence electrons. The lowest BCUT2D eigenvalue weighted by Gasteiger charge is -2.29. The maximum Gasteiger partial charge on any atom is 0.167 e. The van der Waals surface area contributed by atoms with Crippen LogP contribution in [0.25, 0.3) is 11.1 Å². The Labute approximate surface area is 202 Å². The van der Waals surface area contributed by atoms with Crippen molar-refractivity contribution >= 4 is 0 Å².